The Labute approximate surface area is 118 Å². The molecule has 20 heavy (non-hydrogen) atoms. The minimum atomic E-state index is -0.354. The maximum absolute atomic E-state index is 11.8. The molecule has 0 spiro atoms. The number of hydrogen-bond acceptors (Lipinski definition) is 4. The number of rotatable bonds is 5. The number of methoxy groups -OCH3 is 1. The molecule has 0 bridgehead atoms. The maximum Gasteiger partial charge on any atom is 0.337 e. The Balaban J connectivity index is 1.78. The summed E-state index contributed by atoms with van der Waals surface area (Å²) in [6.45, 7) is 1.49. The summed E-state index contributed by atoms with van der Waals surface area (Å²) in [7, 11) is 1.35. The van der Waals surface area contributed by atoms with Crippen LogP contribution < -0.4 is 10.6 Å². The van der Waals surface area contributed by atoms with Crippen molar-refractivity contribution in [2.75, 3.05) is 13.7 Å². The quantitative estimate of drug-likeness (QED) is 0.794. The molecule has 2 rings (SSSR count). The second-order valence-electron chi connectivity index (χ2n) is 4.96. The lowest BCUT2D eigenvalue weighted by Crippen LogP contribution is -2.31. The van der Waals surface area contributed by atoms with E-state index in [1.807, 2.05) is 12.1 Å². The number of nitrogens with one attached hydrogen (secondary N) is 2. The highest BCUT2D eigenvalue weighted by atomic mass is 16.5. The van der Waals surface area contributed by atoms with Crippen molar-refractivity contribution in [2.45, 2.75) is 31.8 Å². The van der Waals surface area contributed by atoms with Crippen LogP contribution in [0.25, 0.3) is 0 Å². The molecule has 1 aromatic carbocycles. The van der Waals surface area contributed by atoms with E-state index < -0.39 is 0 Å². The van der Waals surface area contributed by atoms with E-state index in [0.29, 0.717) is 24.6 Å². The Morgan fingerprint density at radius 1 is 1.35 bits per heavy atom. The van der Waals surface area contributed by atoms with Crippen LogP contribution in [0.15, 0.2) is 24.3 Å². The number of benzene rings is 1. The fraction of sp³-hybridized carbons (Fsp3) is 0.467. The van der Waals surface area contributed by atoms with E-state index in [0.717, 1.165) is 24.9 Å². The number of hydrogen-bond donors (Lipinski definition) is 2. The summed E-state index contributed by atoms with van der Waals surface area (Å²) in [6.07, 6.45) is 2.74. The molecular formula is C15H20N2O3. The van der Waals surface area contributed by atoms with Crippen LogP contribution in [0.4, 0.5) is 0 Å². The van der Waals surface area contributed by atoms with Gasteiger partial charge in [0.15, 0.2) is 0 Å². The van der Waals surface area contributed by atoms with Crippen molar-refractivity contribution >= 4 is 11.9 Å². The molecule has 5 heteroatoms. The van der Waals surface area contributed by atoms with Crippen molar-refractivity contribution in [2.24, 2.45) is 0 Å². The average Bonchev–Trinajstić information content (AvgIpc) is 2.97. The Kier molecular flexibility index (Phi) is 5.12. The lowest BCUT2D eigenvalue weighted by atomic mass is 10.1. The molecule has 1 aromatic rings. The molecular weight excluding hydrogens is 256 g/mol. The van der Waals surface area contributed by atoms with Gasteiger partial charge in [-0.2, -0.15) is 0 Å². The molecule has 1 fully saturated rings. The number of amides is 1. The highest BCUT2D eigenvalue weighted by Crippen LogP contribution is 2.09. The molecule has 0 aromatic heterocycles. The van der Waals surface area contributed by atoms with Gasteiger partial charge >= 0.3 is 5.97 Å². The molecule has 1 saturated heterocycles. The van der Waals surface area contributed by atoms with E-state index in [4.69, 9.17) is 0 Å². The molecule has 1 heterocycles. The van der Waals surface area contributed by atoms with Crippen LogP contribution >= 0.6 is 0 Å². The molecule has 108 valence electrons. The van der Waals surface area contributed by atoms with E-state index in [1.165, 1.54) is 7.11 Å². The zero-order chi connectivity index (χ0) is 14.4. The maximum atomic E-state index is 11.8. The summed E-state index contributed by atoms with van der Waals surface area (Å²) in [5.41, 5.74) is 1.48. The molecule has 1 amide bonds. The van der Waals surface area contributed by atoms with E-state index in [2.05, 4.69) is 15.4 Å². The molecule has 2 N–H and O–H groups in total. The van der Waals surface area contributed by atoms with Gasteiger partial charge in [-0.25, -0.2) is 4.79 Å². The van der Waals surface area contributed by atoms with E-state index >= 15 is 0 Å². The molecule has 1 aliphatic heterocycles. The fourth-order valence-corrected chi connectivity index (χ4v) is 2.30. The minimum Gasteiger partial charge on any atom is -0.465 e. The van der Waals surface area contributed by atoms with Gasteiger partial charge in [0.2, 0.25) is 5.91 Å². The third kappa shape index (κ3) is 4.06. The Morgan fingerprint density at radius 3 is 2.70 bits per heavy atom. The van der Waals surface area contributed by atoms with Crippen molar-refractivity contribution in [1.29, 1.82) is 0 Å². The smallest absolute Gasteiger partial charge is 0.337 e. The summed E-state index contributed by atoms with van der Waals surface area (Å²) >= 11 is 0. The topological polar surface area (TPSA) is 67.4 Å². The monoisotopic (exact) mass is 276 g/mol. The molecule has 1 atom stereocenters. The highest BCUT2D eigenvalue weighted by molar-refractivity contribution is 5.89. The van der Waals surface area contributed by atoms with Crippen molar-refractivity contribution in [3.63, 3.8) is 0 Å². The zero-order valence-electron chi connectivity index (χ0n) is 11.6. The molecule has 0 radical (unpaired) electrons. The number of ether oxygens (including phenoxy) is 1. The van der Waals surface area contributed by atoms with Crippen LogP contribution in [0, 0.1) is 0 Å². The summed E-state index contributed by atoms with van der Waals surface area (Å²) in [4.78, 5) is 23.1. The second kappa shape index (κ2) is 7.05. The molecule has 0 saturated carbocycles. The number of carbonyl (C=O) groups excluding carboxylic acids is 2. The lowest BCUT2D eigenvalue weighted by molar-refractivity contribution is -0.121. The second-order valence-corrected chi connectivity index (χ2v) is 4.96. The average molecular weight is 276 g/mol. The van der Waals surface area contributed by atoms with E-state index in [-0.39, 0.29) is 11.9 Å². The van der Waals surface area contributed by atoms with Crippen LogP contribution in [0.3, 0.4) is 0 Å². The van der Waals surface area contributed by atoms with Gasteiger partial charge in [-0.3, -0.25) is 4.79 Å². The van der Waals surface area contributed by atoms with Gasteiger partial charge in [-0.1, -0.05) is 12.1 Å². The lowest BCUT2D eigenvalue weighted by Gasteiger charge is -2.10. The highest BCUT2D eigenvalue weighted by Gasteiger charge is 2.17. The largest absolute Gasteiger partial charge is 0.465 e. The van der Waals surface area contributed by atoms with Gasteiger partial charge in [0.1, 0.15) is 0 Å². The van der Waals surface area contributed by atoms with Crippen molar-refractivity contribution in [1.82, 2.24) is 10.6 Å². The summed E-state index contributed by atoms with van der Waals surface area (Å²) in [5.74, 6) is -0.297. The van der Waals surface area contributed by atoms with Crippen molar-refractivity contribution in [3.05, 3.63) is 35.4 Å². The summed E-state index contributed by atoms with van der Waals surface area (Å²) < 4.78 is 4.63. The number of esters is 1. The first-order valence-corrected chi connectivity index (χ1v) is 6.86. The normalized spacial score (nSPS) is 17.8. The van der Waals surface area contributed by atoms with Gasteiger partial charge < -0.3 is 15.4 Å². The first kappa shape index (κ1) is 14.5. The predicted octanol–water partition coefficient (Wildman–Crippen LogP) is 1.23. The van der Waals surface area contributed by atoms with Crippen molar-refractivity contribution in [3.8, 4) is 0 Å². The summed E-state index contributed by atoms with van der Waals surface area (Å²) in [5, 5.41) is 6.19. The Morgan fingerprint density at radius 2 is 2.10 bits per heavy atom. The van der Waals surface area contributed by atoms with Crippen LogP contribution in [0.1, 0.15) is 35.2 Å². The van der Waals surface area contributed by atoms with Crippen LogP contribution in [0.2, 0.25) is 0 Å². The third-order valence-electron chi connectivity index (χ3n) is 3.46. The molecule has 0 aliphatic carbocycles. The summed E-state index contributed by atoms with van der Waals surface area (Å²) in [6, 6.07) is 7.36. The van der Waals surface area contributed by atoms with E-state index in [9.17, 15) is 9.59 Å². The third-order valence-corrected chi connectivity index (χ3v) is 3.46. The van der Waals surface area contributed by atoms with E-state index in [1.54, 1.807) is 12.1 Å². The Bertz CT molecular complexity index is 465. The predicted molar refractivity (Wildman–Crippen MR) is 75.3 cm³/mol. The first-order chi connectivity index (χ1) is 9.69. The van der Waals surface area contributed by atoms with Crippen LogP contribution in [-0.4, -0.2) is 31.6 Å². The van der Waals surface area contributed by atoms with Crippen LogP contribution in [-0.2, 0) is 16.1 Å². The fourth-order valence-electron chi connectivity index (χ4n) is 2.30. The van der Waals surface area contributed by atoms with Gasteiger partial charge in [-0.15, -0.1) is 0 Å². The minimum absolute atomic E-state index is 0.0569. The molecule has 1 aliphatic rings. The van der Waals surface area contributed by atoms with Gasteiger partial charge in [-0.05, 0) is 37.1 Å². The standard InChI is InChI=1S/C15H20N2O3/c1-20-15(19)12-6-4-11(5-7-12)10-17-14(18)9-13-3-2-8-16-13/h4-7,13,16H,2-3,8-10H2,1H3,(H,17,18). The van der Waals surface area contributed by atoms with Gasteiger partial charge in [0.05, 0.1) is 12.7 Å². The Hall–Kier alpha value is -1.88. The van der Waals surface area contributed by atoms with Crippen molar-refractivity contribution < 1.29 is 14.3 Å². The zero-order valence-corrected chi connectivity index (χ0v) is 11.6. The first-order valence-electron chi connectivity index (χ1n) is 6.86. The van der Waals surface area contributed by atoms with Gasteiger partial charge in [0.25, 0.3) is 0 Å². The van der Waals surface area contributed by atoms with Crippen LogP contribution in [0.5, 0.6) is 0 Å². The SMILES string of the molecule is COC(=O)c1ccc(CNC(=O)CC2CCCN2)cc1. The number of carbonyl (C=O) groups is 2. The van der Waals surface area contributed by atoms with Gasteiger partial charge in [0, 0.05) is 19.0 Å². The molecule has 5 nitrogen and oxygen atoms in total. The molecule has 1 unspecified atom stereocenters.